The quantitative estimate of drug-likeness (QED) is 0.412. The molecule has 0 saturated carbocycles. The number of fused-ring (bicyclic) bond motifs is 1. The summed E-state index contributed by atoms with van der Waals surface area (Å²) in [6.07, 6.45) is -4.40. The molecule has 0 aliphatic carbocycles. The van der Waals surface area contributed by atoms with Crippen molar-refractivity contribution in [2.75, 3.05) is 0 Å². The number of benzene rings is 2. The van der Waals surface area contributed by atoms with Crippen LogP contribution in [0.2, 0.25) is 5.15 Å². The van der Waals surface area contributed by atoms with Crippen molar-refractivity contribution < 1.29 is 17.6 Å². The van der Waals surface area contributed by atoms with E-state index in [2.05, 4.69) is 4.98 Å². The van der Waals surface area contributed by atoms with Crippen LogP contribution in [0.5, 0.6) is 0 Å². The van der Waals surface area contributed by atoms with E-state index in [9.17, 15) is 17.6 Å². The summed E-state index contributed by atoms with van der Waals surface area (Å²) in [6.45, 7) is 0. The van der Waals surface area contributed by atoms with E-state index in [0.29, 0.717) is 22.0 Å². The van der Waals surface area contributed by atoms with E-state index in [1.807, 2.05) is 0 Å². The number of aromatic nitrogens is 1. The Bertz CT molecular complexity index is 836. The first-order valence-corrected chi connectivity index (χ1v) is 6.66. The van der Waals surface area contributed by atoms with Gasteiger partial charge in [-0.3, -0.25) is 0 Å². The maximum atomic E-state index is 13.3. The lowest BCUT2D eigenvalue weighted by Gasteiger charge is -2.10. The number of nitrogens with zero attached hydrogens (tertiary/aromatic N) is 1. The standard InChI is InChI=1S/C16H8ClF4N/c17-14-8-10-7-12(18)5-6-13(10)15(22-14)9-1-3-11(4-2-9)16(19,20)21/h1-8H. The number of hydrogen-bond acceptors (Lipinski definition) is 1. The summed E-state index contributed by atoms with van der Waals surface area (Å²) in [7, 11) is 0. The predicted octanol–water partition coefficient (Wildman–Crippen LogP) is 5.71. The van der Waals surface area contributed by atoms with Crippen molar-refractivity contribution in [3.63, 3.8) is 0 Å². The van der Waals surface area contributed by atoms with Crippen LogP contribution in [-0.4, -0.2) is 4.98 Å². The van der Waals surface area contributed by atoms with Crippen LogP contribution >= 0.6 is 11.6 Å². The minimum atomic E-state index is -4.40. The fourth-order valence-corrected chi connectivity index (χ4v) is 2.44. The summed E-state index contributed by atoms with van der Waals surface area (Å²) in [6, 6.07) is 10.2. The van der Waals surface area contributed by atoms with Crippen LogP contribution in [0.4, 0.5) is 17.6 Å². The van der Waals surface area contributed by atoms with Crippen molar-refractivity contribution in [1.82, 2.24) is 4.98 Å². The zero-order valence-electron chi connectivity index (χ0n) is 11.0. The average Bonchev–Trinajstić information content (AvgIpc) is 2.45. The lowest BCUT2D eigenvalue weighted by molar-refractivity contribution is -0.137. The van der Waals surface area contributed by atoms with Gasteiger partial charge in [0.1, 0.15) is 11.0 Å². The fourth-order valence-electron chi connectivity index (χ4n) is 2.23. The first-order valence-electron chi connectivity index (χ1n) is 6.28. The van der Waals surface area contributed by atoms with Crippen LogP contribution in [0, 0.1) is 5.82 Å². The Labute approximate surface area is 128 Å². The van der Waals surface area contributed by atoms with Crippen molar-refractivity contribution in [2.24, 2.45) is 0 Å². The van der Waals surface area contributed by atoms with Gasteiger partial charge in [-0.05, 0) is 41.8 Å². The van der Waals surface area contributed by atoms with Crippen LogP contribution in [0.25, 0.3) is 22.0 Å². The van der Waals surface area contributed by atoms with Gasteiger partial charge in [0.25, 0.3) is 0 Å². The molecule has 112 valence electrons. The Morgan fingerprint density at radius 2 is 1.59 bits per heavy atom. The van der Waals surface area contributed by atoms with E-state index in [-0.39, 0.29) is 5.15 Å². The largest absolute Gasteiger partial charge is 0.416 e. The lowest BCUT2D eigenvalue weighted by atomic mass is 10.0. The third-order valence-corrected chi connectivity index (χ3v) is 3.44. The normalized spacial score (nSPS) is 11.9. The maximum absolute atomic E-state index is 13.3. The van der Waals surface area contributed by atoms with Crippen LogP contribution in [0.1, 0.15) is 5.56 Å². The molecule has 0 bridgehead atoms. The zero-order valence-corrected chi connectivity index (χ0v) is 11.7. The van der Waals surface area contributed by atoms with Gasteiger partial charge in [-0.25, -0.2) is 9.37 Å². The van der Waals surface area contributed by atoms with Gasteiger partial charge in [0.15, 0.2) is 0 Å². The third-order valence-electron chi connectivity index (χ3n) is 3.25. The van der Waals surface area contributed by atoms with E-state index in [4.69, 9.17) is 11.6 Å². The molecule has 0 aliphatic rings. The molecule has 0 amide bonds. The molecule has 1 heterocycles. The number of rotatable bonds is 1. The van der Waals surface area contributed by atoms with Gasteiger partial charge >= 0.3 is 6.18 Å². The second-order valence-electron chi connectivity index (χ2n) is 4.73. The highest BCUT2D eigenvalue weighted by molar-refractivity contribution is 6.30. The second-order valence-corrected chi connectivity index (χ2v) is 5.12. The number of hydrogen-bond donors (Lipinski definition) is 0. The van der Waals surface area contributed by atoms with E-state index >= 15 is 0 Å². The number of halogens is 5. The van der Waals surface area contributed by atoms with Crippen molar-refractivity contribution in [1.29, 1.82) is 0 Å². The third kappa shape index (κ3) is 2.76. The molecule has 3 rings (SSSR count). The molecule has 3 aromatic rings. The van der Waals surface area contributed by atoms with E-state index in [0.717, 1.165) is 12.1 Å². The summed E-state index contributed by atoms with van der Waals surface area (Å²) in [4.78, 5) is 4.15. The minimum absolute atomic E-state index is 0.146. The number of alkyl halides is 3. The van der Waals surface area contributed by atoms with Gasteiger partial charge in [-0.15, -0.1) is 0 Å². The second kappa shape index (κ2) is 5.25. The lowest BCUT2D eigenvalue weighted by Crippen LogP contribution is -2.04. The molecule has 1 nitrogen and oxygen atoms in total. The topological polar surface area (TPSA) is 12.9 Å². The summed E-state index contributed by atoms with van der Waals surface area (Å²) in [5.74, 6) is -0.423. The monoisotopic (exact) mass is 325 g/mol. The Hall–Kier alpha value is -2.14. The molecule has 0 N–H and O–H groups in total. The minimum Gasteiger partial charge on any atom is -0.235 e. The molecular weight excluding hydrogens is 318 g/mol. The molecule has 0 unspecified atom stereocenters. The highest BCUT2D eigenvalue weighted by Gasteiger charge is 2.30. The molecular formula is C16H8ClF4N. The SMILES string of the molecule is Fc1ccc2c(-c3ccc(C(F)(F)F)cc3)nc(Cl)cc2c1. The maximum Gasteiger partial charge on any atom is 0.416 e. The van der Waals surface area contributed by atoms with Crippen molar-refractivity contribution in [3.8, 4) is 11.3 Å². The van der Waals surface area contributed by atoms with Gasteiger partial charge in [0, 0.05) is 10.9 Å². The van der Waals surface area contributed by atoms with Crippen LogP contribution < -0.4 is 0 Å². The molecule has 22 heavy (non-hydrogen) atoms. The summed E-state index contributed by atoms with van der Waals surface area (Å²) >= 11 is 5.92. The van der Waals surface area contributed by atoms with Crippen molar-refractivity contribution >= 4 is 22.4 Å². The summed E-state index contributed by atoms with van der Waals surface area (Å²) in [5.41, 5.74) is 0.150. The Kier molecular flexibility index (Phi) is 3.53. The van der Waals surface area contributed by atoms with Crippen LogP contribution in [-0.2, 0) is 6.18 Å². The van der Waals surface area contributed by atoms with Crippen LogP contribution in [0.15, 0.2) is 48.5 Å². The first kappa shape index (κ1) is 14.8. The zero-order chi connectivity index (χ0) is 15.9. The molecule has 6 heteroatoms. The number of pyridine rings is 1. The van der Waals surface area contributed by atoms with E-state index in [1.165, 1.54) is 36.4 Å². The smallest absolute Gasteiger partial charge is 0.235 e. The molecule has 1 aromatic heterocycles. The highest BCUT2D eigenvalue weighted by atomic mass is 35.5. The Morgan fingerprint density at radius 3 is 2.23 bits per heavy atom. The predicted molar refractivity (Wildman–Crippen MR) is 77.1 cm³/mol. The van der Waals surface area contributed by atoms with Gasteiger partial charge < -0.3 is 0 Å². The Balaban J connectivity index is 2.17. The van der Waals surface area contributed by atoms with Crippen LogP contribution in [0.3, 0.4) is 0 Å². The van der Waals surface area contributed by atoms with Crippen molar-refractivity contribution in [2.45, 2.75) is 6.18 Å². The first-order chi connectivity index (χ1) is 10.3. The summed E-state index contributed by atoms with van der Waals surface area (Å²) < 4.78 is 51.1. The van der Waals surface area contributed by atoms with E-state index < -0.39 is 17.6 Å². The molecule has 0 aliphatic heterocycles. The molecule has 0 fully saturated rings. The van der Waals surface area contributed by atoms with Crippen molar-refractivity contribution in [3.05, 3.63) is 65.1 Å². The molecule has 0 saturated heterocycles. The van der Waals surface area contributed by atoms with Gasteiger partial charge in [0.05, 0.1) is 11.3 Å². The summed E-state index contributed by atoms with van der Waals surface area (Å²) in [5, 5.41) is 1.30. The van der Waals surface area contributed by atoms with Gasteiger partial charge in [-0.1, -0.05) is 23.7 Å². The average molecular weight is 326 g/mol. The van der Waals surface area contributed by atoms with Gasteiger partial charge in [0.2, 0.25) is 0 Å². The molecule has 0 spiro atoms. The molecule has 2 aromatic carbocycles. The highest BCUT2D eigenvalue weighted by Crippen LogP contribution is 2.33. The molecule has 0 atom stereocenters. The van der Waals surface area contributed by atoms with E-state index in [1.54, 1.807) is 0 Å². The molecule has 0 radical (unpaired) electrons. The van der Waals surface area contributed by atoms with Gasteiger partial charge in [-0.2, -0.15) is 13.2 Å². The Morgan fingerprint density at radius 1 is 0.909 bits per heavy atom. The fraction of sp³-hybridized carbons (Fsp3) is 0.0625.